The Kier molecular flexibility index (Phi) is 13.4. The summed E-state index contributed by atoms with van der Waals surface area (Å²) in [5.41, 5.74) is -2.75. The number of aliphatic hydroxyl groups is 11. The molecule has 18 heteroatoms. The van der Waals surface area contributed by atoms with Crippen molar-refractivity contribution in [3.8, 4) is 0 Å². The number of aliphatic hydroxyl groups excluding tert-OH is 10. The molecule has 0 aromatic rings. The molecule has 18 nitrogen and oxygen atoms in total. The molecule has 8 aliphatic rings. The van der Waals surface area contributed by atoms with E-state index in [0.29, 0.717) is 38.5 Å². The Morgan fingerprint density at radius 3 is 1.94 bits per heavy atom. The van der Waals surface area contributed by atoms with E-state index < -0.39 is 139 Å². The zero-order chi connectivity index (χ0) is 47.6. The van der Waals surface area contributed by atoms with Crippen LogP contribution in [0.3, 0.4) is 0 Å². The molecule has 3 aliphatic heterocycles. The van der Waals surface area contributed by atoms with Gasteiger partial charge in [0.1, 0.15) is 67.1 Å². The first kappa shape index (κ1) is 50.0. The summed E-state index contributed by atoms with van der Waals surface area (Å²) in [5, 5.41) is 117. The van der Waals surface area contributed by atoms with Crippen LogP contribution in [0, 0.1) is 50.7 Å². The van der Waals surface area contributed by atoms with Gasteiger partial charge in [-0.25, -0.2) is 0 Å². The number of hydrogen-bond donors (Lipinski definition) is 11. The molecule has 3 saturated heterocycles. The summed E-state index contributed by atoms with van der Waals surface area (Å²) < 4.78 is 35.9. The third kappa shape index (κ3) is 7.53. The average molecular weight is 929 g/mol. The molecule has 4 saturated carbocycles. The van der Waals surface area contributed by atoms with E-state index in [9.17, 15) is 61.0 Å². The second kappa shape index (κ2) is 17.5. The molecule has 11 N–H and O–H groups in total. The maximum Gasteiger partial charge on any atom is 0.315 e. The number of carbonyl (C=O) groups is 1. The molecule has 8 rings (SSSR count). The van der Waals surface area contributed by atoms with Crippen molar-refractivity contribution in [3.63, 3.8) is 0 Å². The molecule has 65 heavy (non-hydrogen) atoms. The molecule has 0 bridgehead atoms. The maximum atomic E-state index is 14.7. The standard InChI is InChI=1S/C47H76O18/c1-21-10-15-47(41(58)65-39-35(57)33(55)31(53)25(19-49)62-39)17-16-44(5)22(37(47)46(21,7)59)8-9-27-43(4)13-12-28(42(2,3)26(43)11-14-45(27,44)6)63-40-36(29(51)23(50)20-60-40)64-38-34(56)32(54)30(52)24(18-48)61-38/h8,21,23-40,48-57,59H,9-20H2,1-7H3/t21-,23+,24-,25-,26-,27-,28+,29+,30-,31-,32+,33+,34-,35-,36-,37+,38+,39+,40+,43+,44-,45-,46-,47+/m1/s1. The number of carbonyl (C=O) groups excluding carboxylic acids is 1. The van der Waals surface area contributed by atoms with Crippen LogP contribution in [0.5, 0.6) is 0 Å². The number of esters is 1. The molecule has 0 spiro atoms. The van der Waals surface area contributed by atoms with Crippen molar-refractivity contribution in [2.24, 2.45) is 50.7 Å². The molecule has 7 fully saturated rings. The molecule has 0 amide bonds. The Bertz CT molecular complexity index is 1770. The monoisotopic (exact) mass is 929 g/mol. The van der Waals surface area contributed by atoms with Crippen LogP contribution in [0.15, 0.2) is 11.6 Å². The summed E-state index contributed by atoms with van der Waals surface area (Å²) in [7, 11) is 0. The fourth-order valence-corrected chi connectivity index (χ4v) is 15.0. The SMILES string of the molecule is C[C@@H]1CC[C@]2(C(=O)O[C@@H]3O[C@H](CO)[C@@H](O)[C@H](O)[C@H]3O)CC[C@]3(C)C(=CC[C@@H]4[C@@]5(C)CC[C@H](O[C@@H]6OC[C@H](O)[C@H](O)[C@H]6O[C@@H]6O[C@H](CO)[C@@H](O)[C@H](O)[C@H]6O)C(C)(C)[C@H]5CC[C@]43C)[C@H]2[C@]1(C)O. The van der Waals surface area contributed by atoms with Crippen LogP contribution < -0.4 is 0 Å². The van der Waals surface area contributed by atoms with Crippen LogP contribution >= 0.6 is 0 Å². The van der Waals surface area contributed by atoms with E-state index >= 15 is 0 Å². The van der Waals surface area contributed by atoms with Gasteiger partial charge in [-0.05, 0) is 104 Å². The molecule has 0 unspecified atom stereocenters. The molecule has 24 atom stereocenters. The van der Waals surface area contributed by atoms with Crippen molar-refractivity contribution in [3.05, 3.63) is 11.6 Å². The van der Waals surface area contributed by atoms with E-state index in [-0.39, 0.29) is 35.2 Å². The van der Waals surface area contributed by atoms with Gasteiger partial charge in [0.25, 0.3) is 0 Å². The van der Waals surface area contributed by atoms with Crippen LogP contribution in [-0.2, 0) is 33.2 Å². The summed E-state index contributed by atoms with van der Waals surface area (Å²) >= 11 is 0. The zero-order valence-electron chi connectivity index (χ0n) is 38.8. The van der Waals surface area contributed by atoms with Crippen LogP contribution in [0.25, 0.3) is 0 Å². The number of rotatable bonds is 8. The Labute approximate surface area is 380 Å². The molecular weight excluding hydrogens is 852 g/mol. The number of hydrogen-bond acceptors (Lipinski definition) is 18. The van der Waals surface area contributed by atoms with E-state index in [1.165, 1.54) is 0 Å². The van der Waals surface area contributed by atoms with Crippen molar-refractivity contribution in [1.29, 1.82) is 0 Å². The number of allylic oxidation sites excluding steroid dienone is 1. The van der Waals surface area contributed by atoms with Gasteiger partial charge in [0, 0.05) is 5.92 Å². The summed E-state index contributed by atoms with van der Waals surface area (Å²) in [6.07, 6.45) is -13.6. The van der Waals surface area contributed by atoms with E-state index in [1.54, 1.807) is 0 Å². The van der Waals surface area contributed by atoms with Crippen molar-refractivity contribution in [2.75, 3.05) is 19.8 Å². The first-order chi connectivity index (χ1) is 30.3. The van der Waals surface area contributed by atoms with Gasteiger partial charge in [-0.2, -0.15) is 0 Å². The molecule has 0 radical (unpaired) electrons. The fraction of sp³-hybridized carbons (Fsp3) is 0.936. The Morgan fingerprint density at radius 1 is 0.692 bits per heavy atom. The van der Waals surface area contributed by atoms with Crippen LogP contribution in [0.2, 0.25) is 0 Å². The Balaban J connectivity index is 1.05. The third-order valence-corrected chi connectivity index (χ3v) is 19.3. The minimum Gasteiger partial charge on any atom is -0.432 e. The third-order valence-electron chi connectivity index (χ3n) is 19.3. The molecule has 0 aromatic heterocycles. The highest BCUT2D eigenvalue weighted by Crippen LogP contribution is 2.76. The Morgan fingerprint density at radius 2 is 1.31 bits per heavy atom. The number of fused-ring (bicyclic) bond motifs is 7. The van der Waals surface area contributed by atoms with E-state index in [4.69, 9.17) is 28.4 Å². The van der Waals surface area contributed by atoms with E-state index in [2.05, 4.69) is 40.7 Å². The summed E-state index contributed by atoms with van der Waals surface area (Å²) in [6, 6.07) is 0. The van der Waals surface area contributed by atoms with Crippen molar-refractivity contribution >= 4 is 5.97 Å². The van der Waals surface area contributed by atoms with Gasteiger partial charge < -0.3 is 84.6 Å². The van der Waals surface area contributed by atoms with Gasteiger partial charge in [0.05, 0.1) is 36.9 Å². The fourth-order valence-electron chi connectivity index (χ4n) is 15.0. The molecular formula is C47H76O18. The minimum absolute atomic E-state index is 0.154. The Hall–Kier alpha value is -1.43. The molecule has 3 heterocycles. The molecule has 372 valence electrons. The zero-order valence-corrected chi connectivity index (χ0v) is 38.8. The van der Waals surface area contributed by atoms with Gasteiger partial charge in [-0.3, -0.25) is 4.79 Å². The van der Waals surface area contributed by atoms with Crippen molar-refractivity contribution in [2.45, 2.75) is 204 Å². The van der Waals surface area contributed by atoms with Gasteiger partial charge in [0.2, 0.25) is 6.29 Å². The quantitative estimate of drug-likeness (QED) is 0.0850. The first-order valence-electron chi connectivity index (χ1n) is 23.9. The number of ether oxygens (including phenoxy) is 6. The second-order valence-electron chi connectivity index (χ2n) is 22.7. The summed E-state index contributed by atoms with van der Waals surface area (Å²) in [4.78, 5) is 14.7. The van der Waals surface area contributed by atoms with Crippen molar-refractivity contribution < 1.29 is 89.4 Å². The van der Waals surface area contributed by atoms with E-state index in [0.717, 1.165) is 24.8 Å². The van der Waals surface area contributed by atoms with Crippen LogP contribution in [0.4, 0.5) is 0 Å². The lowest BCUT2D eigenvalue weighted by atomic mass is 9.33. The maximum absolute atomic E-state index is 14.7. The lowest BCUT2D eigenvalue weighted by Gasteiger charge is -2.72. The van der Waals surface area contributed by atoms with Crippen molar-refractivity contribution in [1.82, 2.24) is 0 Å². The average Bonchev–Trinajstić information content (AvgIpc) is 3.25. The van der Waals surface area contributed by atoms with Gasteiger partial charge >= 0.3 is 5.97 Å². The second-order valence-corrected chi connectivity index (χ2v) is 22.7. The van der Waals surface area contributed by atoms with Gasteiger partial charge in [0.15, 0.2) is 12.6 Å². The highest BCUT2D eigenvalue weighted by Gasteiger charge is 2.72. The first-order valence-corrected chi connectivity index (χ1v) is 23.9. The van der Waals surface area contributed by atoms with Crippen LogP contribution in [0.1, 0.15) is 106 Å². The summed E-state index contributed by atoms with van der Waals surface area (Å²) in [5.74, 6) is -1.06. The lowest BCUT2D eigenvalue weighted by Crippen LogP contribution is -2.68. The predicted molar refractivity (Wildman–Crippen MR) is 226 cm³/mol. The topological polar surface area (TPSA) is 295 Å². The lowest BCUT2D eigenvalue weighted by molar-refractivity contribution is -0.367. The smallest absolute Gasteiger partial charge is 0.315 e. The molecule has 0 aromatic carbocycles. The minimum atomic E-state index is -1.75. The highest BCUT2D eigenvalue weighted by atomic mass is 16.8. The highest BCUT2D eigenvalue weighted by molar-refractivity contribution is 5.79. The predicted octanol–water partition coefficient (Wildman–Crippen LogP) is -0.250. The largest absolute Gasteiger partial charge is 0.432 e. The normalized spacial score (nSPS) is 55.4. The van der Waals surface area contributed by atoms with E-state index in [1.807, 2.05) is 13.8 Å². The van der Waals surface area contributed by atoms with Crippen LogP contribution in [-0.4, -0.2) is 180 Å². The van der Waals surface area contributed by atoms with Gasteiger partial charge in [-0.15, -0.1) is 0 Å². The molecule has 5 aliphatic carbocycles. The van der Waals surface area contributed by atoms with Gasteiger partial charge in [-0.1, -0.05) is 53.2 Å². The summed E-state index contributed by atoms with van der Waals surface area (Å²) in [6.45, 7) is 13.7.